The summed E-state index contributed by atoms with van der Waals surface area (Å²) in [6, 6.07) is -0.759. The van der Waals surface area contributed by atoms with Crippen molar-refractivity contribution in [2.24, 2.45) is 5.73 Å². The zero-order valence-electron chi connectivity index (χ0n) is 6.85. The maximum atomic E-state index is 11.2. The van der Waals surface area contributed by atoms with E-state index in [2.05, 4.69) is 15.1 Å². The predicted molar refractivity (Wildman–Crippen MR) is 41.3 cm³/mol. The van der Waals surface area contributed by atoms with Crippen LogP contribution in [0.4, 0.5) is 4.79 Å². The van der Waals surface area contributed by atoms with Crippen LogP contribution < -0.4 is 11.2 Å². The predicted octanol–water partition coefficient (Wildman–Crippen LogP) is -0.670. The zero-order valence-corrected chi connectivity index (χ0v) is 6.85. The molecule has 1 rings (SSSR count). The van der Waals surface area contributed by atoms with E-state index < -0.39 is 11.9 Å². The summed E-state index contributed by atoms with van der Waals surface area (Å²) >= 11 is 0. The van der Waals surface area contributed by atoms with Crippen LogP contribution in [0.25, 0.3) is 0 Å². The van der Waals surface area contributed by atoms with Crippen molar-refractivity contribution in [3.05, 3.63) is 18.0 Å². The number of carbonyl (C=O) groups excluding carboxylic acids is 2. The number of hydrogen-bond donors (Lipinski definition) is 2. The van der Waals surface area contributed by atoms with Gasteiger partial charge in [-0.3, -0.25) is 10.2 Å². The molecule has 0 aromatic carbocycles. The number of nitrogens with zero attached hydrogens (tertiary/aromatic N) is 2. The molecule has 0 saturated heterocycles. The molecule has 1 aromatic rings. The van der Waals surface area contributed by atoms with Crippen molar-refractivity contribution in [1.82, 2.24) is 15.6 Å². The number of nitrogens with one attached hydrogen (secondary N) is 1. The third-order valence-electron chi connectivity index (χ3n) is 1.29. The summed E-state index contributed by atoms with van der Waals surface area (Å²) in [6.45, 7) is 0. The minimum Gasteiger partial charge on any atom is -0.364 e. The van der Waals surface area contributed by atoms with E-state index in [4.69, 9.17) is 5.73 Å². The second-order valence-corrected chi connectivity index (χ2v) is 2.25. The number of aromatic nitrogens is 1. The molecule has 0 atom stereocenters. The highest BCUT2D eigenvalue weighted by atomic mass is 16.5. The van der Waals surface area contributed by atoms with Gasteiger partial charge in [0.05, 0.1) is 6.20 Å². The third-order valence-corrected chi connectivity index (χ3v) is 1.29. The molecule has 0 aliphatic heterocycles. The number of urea groups is 1. The summed E-state index contributed by atoms with van der Waals surface area (Å²) in [5.74, 6) is -0.512. The summed E-state index contributed by atoms with van der Waals surface area (Å²) in [5.41, 5.74) is 7.29. The summed E-state index contributed by atoms with van der Waals surface area (Å²) < 4.78 is 4.43. The zero-order chi connectivity index (χ0) is 9.84. The first-order chi connectivity index (χ1) is 6.11. The molecule has 0 saturated carbocycles. The number of hydrogen-bond acceptors (Lipinski definition) is 4. The Kier molecular flexibility index (Phi) is 2.48. The number of carbonyl (C=O) groups is 2. The standard InChI is InChI=1S/C6H8N4O3/c1-10(6(7)12)9-5(11)4-2-8-13-3-4/h2-3H,1H3,(H2,7,12)(H,9,11). The van der Waals surface area contributed by atoms with Gasteiger partial charge in [-0.25, -0.2) is 9.80 Å². The molecule has 3 amide bonds. The molecule has 1 aromatic heterocycles. The highest BCUT2D eigenvalue weighted by molar-refractivity contribution is 5.94. The van der Waals surface area contributed by atoms with Crippen LogP contribution in [0, 0.1) is 0 Å². The van der Waals surface area contributed by atoms with Crippen LogP contribution in [-0.2, 0) is 0 Å². The lowest BCUT2D eigenvalue weighted by molar-refractivity contribution is 0.0858. The molecule has 3 N–H and O–H groups in total. The van der Waals surface area contributed by atoms with Crippen LogP contribution in [0.5, 0.6) is 0 Å². The summed E-state index contributed by atoms with van der Waals surface area (Å²) in [6.07, 6.45) is 2.38. The van der Waals surface area contributed by atoms with E-state index in [0.29, 0.717) is 0 Å². The van der Waals surface area contributed by atoms with Gasteiger partial charge in [0.2, 0.25) is 0 Å². The minimum atomic E-state index is -0.759. The molecule has 0 unspecified atom stereocenters. The minimum absolute atomic E-state index is 0.216. The fourth-order valence-corrected chi connectivity index (χ4v) is 0.589. The summed E-state index contributed by atoms with van der Waals surface area (Å²) in [7, 11) is 1.33. The smallest absolute Gasteiger partial charge is 0.333 e. The number of amides is 3. The summed E-state index contributed by atoms with van der Waals surface area (Å²) in [4.78, 5) is 21.7. The van der Waals surface area contributed by atoms with Crippen LogP contribution >= 0.6 is 0 Å². The Morgan fingerprint density at radius 3 is 2.85 bits per heavy atom. The van der Waals surface area contributed by atoms with Crippen LogP contribution in [0.15, 0.2) is 17.0 Å². The quantitative estimate of drug-likeness (QED) is 0.565. The van der Waals surface area contributed by atoms with E-state index in [1.165, 1.54) is 13.2 Å². The van der Waals surface area contributed by atoms with Crippen molar-refractivity contribution in [2.75, 3.05) is 7.05 Å². The van der Waals surface area contributed by atoms with Gasteiger partial charge in [0.15, 0.2) is 0 Å². The molecule has 0 bridgehead atoms. The fourth-order valence-electron chi connectivity index (χ4n) is 0.589. The van der Waals surface area contributed by atoms with Crippen molar-refractivity contribution in [2.45, 2.75) is 0 Å². The van der Waals surface area contributed by atoms with Crippen LogP contribution in [-0.4, -0.2) is 29.2 Å². The number of primary amides is 1. The highest BCUT2D eigenvalue weighted by Gasteiger charge is 2.11. The number of rotatable bonds is 1. The lowest BCUT2D eigenvalue weighted by Gasteiger charge is -2.13. The van der Waals surface area contributed by atoms with Gasteiger partial charge in [0, 0.05) is 7.05 Å². The molecule has 13 heavy (non-hydrogen) atoms. The number of hydrazine groups is 1. The Bertz CT molecular complexity index is 308. The molecule has 7 heteroatoms. The molecule has 0 radical (unpaired) electrons. The highest BCUT2D eigenvalue weighted by Crippen LogP contribution is 1.95. The van der Waals surface area contributed by atoms with E-state index in [9.17, 15) is 9.59 Å². The van der Waals surface area contributed by atoms with Gasteiger partial charge in [-0.05, 0) is 0 Å². The Labute approximate surface area is 73.4 Å². The van der Waals surface area contributed by atoms with Crippen LogP contribution in [0.1, 0.15) is 10.4 Å². The molecule has 0 fully saturated rings. The summed E-state index contributed by atoms with van der Waals surface area (Å²) in [5, 5.41) is 4.18. The SMILES string of the molecule is CN(NC(=O)c1cnoc1)C(N)=O. The Morgan fingerprint density at radius 1 is 1.69 bits per heavy atom. The molecular formula is C6H8N4O3. The molecule has 7 nitrogen and oxygen atoms in total. The molecule has 0 aliphatic carbocycles. The van der Waals surface area contributed by atoms with Crippen molar-refractivity contribution in [1.29, 1.82) is 0 Å². The first kappa shape index (κ1) is 9.04. The topological polar surface area (TPSA) is 101 Å². The van der Waals surface area contributed by atoms with Crippen molar-refractivity contribution in [3.63, 3.8) is 0 Å². The maximum absolute atomic E-state index is 11.2. The third kappa shape index (κ3) is 2.19. The van der Waals surface area contributed by atoms with Crippen LogP contribution in [0.3, 0.4) is 0 Å². The van der Waals surface area contributed by atoms with Gasteiger partial charge in [0.25, 0.3) is 5.91 Å². The monoisotopic (exact) mass is 184 g/mol. The largest absolute Gasteiger partial charge is 0.364 e. The first-order valence-corrected chi connectivity index (χ1v) is 3.35. The maximum Gasteiger partial charge on any atom is 0.333 e. The second kappa shape index (κ2) is 3.57. The lowest BCUT2D eigenvalue weighted by Crippen LogP contribution is -2.45. The average Bonchev–Trinajstić information content (AvgIpc) is 2.55. The van der Waals surface area contributed by atoms with Crippen LogP contribution in [0.2, 0.25) is 0 Å². The van der Waals surface area contributed by atoms with Crippen molar-refractivity contribution >= 4 is 11.9 Å². The van der Waals surface area contributed by atoms with E-state index >= 15 is 0 Å². The Hall–Kier alpha value is -2.05. The van der Waals surface area contributed by atoms with Gasteiger partial charge in [-0.1, -0.05) is 5.16 Å². The fraction of sp³-hybridized carbons (Fsp3) is 0.167. The van der Waals surface area contributed by atoms with Crippen molar-refractivity contribution in [3.8, 4) is 0 Å². The Balaban J connectivity index is 2.56. The second-order valence-electron chi connectivity index (χ2n) is 2.25. The first-order valence-electron chi connectivity index (χ1n) is 3.35. The van der Waals surface area contributed by atoms with Gasteiger partial charge >= 0.3 is 6.03 Å². The van der Waals surface area contributed by atoms with Crippen molar-refractivity contribution < 1.29 is 14.1 Å². The average molecular weight is 184 g/mol. The molecular weight excluding hydrogens is 176 g/mol. The molecule has 70 valence electrons. The van der Waals surface area contributed by atoms with Gasteiger partial charge < -0.3 is 10.3 Å². The van der Waals surface area contributed by atoms with E-state index in [1.807, 2.05) is 0 Å². The van der Waals surface area contributed by atoms with Gasteiger partial charge in [-0.15, -0.1) is 0 Å². The van der Waals surface area contributed by atoms with Gasteiger partial charge in [0.1, 0.15) is 11.8 Å². The Morgan fingerprint density at radius 2 is 2.38 bits per heavy atom. The molecule has 0 spiro atoms. The number of nitrogens with two attached hydrogens (primary N) is 1. The lowest BCUT2D eigenvalue weighted by atomic mass is 10.4. The van der Waals surface area contributed by atoms with E-state index in [-0.39, 0.29) is 5.56 Å². The van der Waals surface area contributed by atoms with E-state index in [0.717, 1.165) is 11.3 Å². The van der Waals surface area contributed by atoms with Gasteiger partial charge in [-0.2, -0.15) is 0 Å². The molecule has 1 heterocycles. The van der Waals surface area contributed by atoms with E-state index in [1.54, 1.807) is 0 Å². The molecule has 0 aliphatic rings. The normalized spacial score (nSPS) is 9.31.